The van der Waals surface area contributed by atoms with Gasteiger partial charge in [0.25, 0.3) is 5.91 Å². The fourth-order valence-corrected chi connectivity index (χ4v) is 3.76. The number of carbonyl (C=O) groups is 1. The van der Waals surface area contributed by atoms with Gasteiger partial charge in [-0.3, -0.25) is 14.8 Å². The molecule has 5 rings (SSSR count). The largest absolute Gasteiger partial charge is 0.493 e. The van der Waals surface area contributed by atoms with Crippen LogP contribution >= 0.6 is 0 Å². The summed E-state index contributed by atoms with van der Waals surface area (Å²) in [6.07, 6.45) is 5.41. The lowest BCUT2D eigenvalue weighted by molar-refractivity contribution is 0.102. The first kappa shape index (κ1) is 26.1. The summed E-state index contributed by atoms with van der Waals surface area (Å²) >= 11 is 0. The van der Waals surface area contributed by atoms with Crippen molar-refractivity contribution in [1.82, 2.24) is 9.97 Å². The first-order valence-electron chi connectivity index (χ1n) is 12.2. The lowest BCUT2D eigenvalue weighted by Crippen LogP contribution is -2.15. The van der Waals surface area contributed by atoms with Crippen molar-refractivity contribution in [3.8, 4) is 28.7 Å². The Morgan fingerprint density at radius 1 is 1.08 bits per heavy atom. The van der Waals surface area contributed by atoms with Crippen LogP contribution in [0.1, 0.15) is 30.1 Å². The second-order valence-electron chi connectivity index (χ2n) is 9.00. The smallest absolute Gasteiger partial charge is 0.261 e. The number of carbonyl (C=O) groups excluding carboxylic acids is 1. The van der Waals surface area contributed by atoms with Gasteiger partial charge in [0.1, 0.15) is 18.1 Å². The molecule has 1 amide bonds. The summed E-state index contributed by atoms with van der Waals surface area (Å²) in [5.41, 5.74) is 0.462. The molecule has 0 radical (unpaired) electrons. The van der Waals surface area contributed by atoms with Crippen molar-refractivity contribution in [2.45, 2.75) is 32.0 Å². The van der Waals surface area contributed by atoms with E-state index >= 15 is 8.78 Å². The molecule has 0 spiro atoms. The standard InChI is InChI=1S/C28H25F2N3O6/c1-15(34)14-37-26-12-22-18(11-25(26)36-2)23(6-8-32-22)39-27-20(29)9-16(10-21(27)30)33-28(35)19-13-31-7-5-24(19)38-17-3-4-17/h5-13,15,17,34H,3-4,14H2,1-2H3,(H,33,35)/t15-/m1/s1. The number of hydrogen-bond acceptors (Lipinski definition) is 8. The molecule has 2 aromatic carbocycles. The number of fused-ring (bicyclic) bond motifs is 1. The molecule has 39 heavy (non-hydrogen) atoms. The van der Waals surface area contributed by atoms with E-state index in [1.165, 1.54) is 31.8 Å². The Kier molecular flexibility index (Phi) is 7.42. The fourth-order valence-electron chi connectivity index (χ4n) is 3.76. The van der Waals surface area contributed by atoms with Crippen molar-refractivity contribution in [2.24, 2.45) is 0 Å². The summed E-state index contributed by atoms with van der Waals surface area (Å²) in [6, 6.07) is 8.08. The van der Waals surface area contributed by atoms with Crippen LogP contribution in [0.4, 0.5) is 14.5 Å². The number of amides is 1. The minimum absolute atomic E-state index is 0.0347. The Morgan fingerprint density at radius 3 is 2.51 bits per heavy atom. The van der Waals surface area contributed by atoms with Crippen LogP contribution in [0.2, 0.25) is 0 Å². The maximum absolute atomic E-state index is 15.1. The Hall–Kier alpha value is -4.51. The summed E-state index contributed by atoms with van der Waals surface area (Å²) in [5, 5.41) is 12.4. The lowest BCUT2D eigenvalue weighted by Gasteiger charge is -2.15. The molecule has 4 aromatic rings. The maximum Gasteiger partial charge on any atom is 0.261 e. The fraction of sp³-hybridized carbons (Fsp3) is 0.250. The molecule has 1 saturated carbocycles. The van der Waals surface area contributed by atoms with Gasteiger partial charge in [-0.2, -0.15) is 0 Å². The van der Waals surface area contributed by atoms with Crippen LogP contribution in [-0.2, 0) is 0 Å². The number of anilines is 1. The summed E-state index contributed by atoms with van der Waals surface area (Å²) < 4.78 is 52.4. The summed E-state index contributed by atoms with van der Waals surface area (Å²) in [5.74, 6) is -2.20. The number of pyridine rings is 2. The average molecular weight is 538 g/mol. The van der Waals surface area contributed by atoms with E-state index in [0.29, 0.717) is 28.2 Å². The number of aliphatic hydroxyl groups is 1. The van der Waals surface area contributed by atoms with Crippen molar-refractivity contribution in [3.05, 3.63) is 72.2 Å². The molecule has 1 aliphatic rings. The third-order valence-corrected chi connectivity index (χ3v) is 5.78. The molecule has 2 heterocycles. The molecule has 2 N–H and O–H groups in total. The maximum atomic E-state index is 15.1. The van der Waals surface area contributed by atoms with E-state index in [4.69, 9.17) is 18.9 Å². The van der Waals surface area contributed by atoms with Gasteiger partial charge in [0.2, 0.25) is 0 Å². The van der Waals surface area contributed by atoms with Crippen molar-refractivity contribution in [3.63, 3.8) is 0 Å². The Morgan fingerprint density at radius 2 is 1.82 bits per heavy atom. The zero-order valence-electron chi connectivity index (χ0n) is 21.1. The monoisotopic (exact) mass is 537 g/mol. The third kappa shape index (κ3) is 5.99. The molecule has 9 nitrogen and oxygen atoms in total. The number of ether oxygens (including phenoxy) is 4. The Labute approximate surface area is 222 Å². The number of nitrogens with zero attached hydrogens (tertiary/aromatic N) is 2. The second-order valence-corrected chi connectivity index (χ2v) is 9.00. The topological polar surface area (TPSA) is 112 Å². The van der Waals surface area contributed by atoms with Crippen molar-refractivity contribution < 1.29 is 37.6 Å². The van der Waals surface area contributed by atoms with Gasteiger partial charge in [-0.1, -0.05) is 0 Å². The van der Waals surface area contributed by atoms with Gasteiger partial charge in [-0.05, 0) is 38.0 Å². The predicted molar refractivity (Wildman–Crippen MR) is 138 cm³/mol. The van der Waals surface area contributed by atoms with E-state index < -0.39 is 29.4 Å². The molecule has 1 aliphatic carbocycles. The average Bonchev–Trinajstić information content (AvgIpc) is 3.73. The van der Waals surface area contributed by atoms with Crippen molar-refractivity contribution >= 4 is 22.5 Å². The van der Waals surface area contributed by atoms with Gasteiger partial charge in [0.05, 0.1) is 30.4 Å². The molecule has 202 valence electrons. The number of nitrogens with one attached hydrogen (secondary N) is 1. The van der Waals surface area contributed by atoms with Crippen LogP contribution in [0, 0.1) is 11.6 Å². The number of rotatable bonds is 10. The van der Waals surface area contributed by atoms with E-state index in [-0.39, 0.29) is 29.7 Å². The highest BCUT2D eigenvalue weighted by Gasteiger charge is 2.26. The number of halogens is 2. The number of benzene rings is 2. The molecular formula is C28H25F2N3O6. The summed E-state index contributed by atoms with van der Waals surface area (Å²) in [6.45, 7) is 1.62. The Bertz CT molecular complexity index is 1500. The molecule has 2 aromatic heterocycles. The van der Waals surface area contributed by atoms with Gasteiger partial charge < -0.3 is 29.4 Å². The van der Waals surface area contributed by atoms with E-state index in [0.717, 1.165) is 25.0 Å². The van der Waals surface area contributed by atoms with Gasteiger partial charge in [0.15, 0.2) is 28.9 Å². The normalized spacial score (nSPS) is 13.6. The molecule has 0 aliphatic heterocycles. The first-order chi connectivity index (χ1) is 18.8. The number of aliphatic hydroxyl groups excluding tert-OH is 1. The van der Waals surface area contributed by atoms with E-state index in [1.807, 2.05) is 0 Å². The van der Waals surface area contributed by atoms with E-state index in [9.17, 15) is 9.90 Å². The van der Waals surface area contributed by atoms with Crippen LogP contribution in [-0.4, -0.2) is 46.9 Å². The first-order valence-corrected chi connectivity index (χ1v) is 12.2. The van der Waals surface area contributed by atoms with Crippen LogP contribution < -0.4 is 24.3 Å². The molecule has 0 saturated heterocycles. The molecule has 1 atom stereocenters. The minimum atomic E-state index is -1.03. The van der Waals surface area contributed by atoms with Crippen molar-refractivity contribution in [1.29, 1.82) is 0 Å². The van der Waals surface area contributed by atoms with Crippen molar-refractivity contribution in [2.75, 3.05) is 19.0 Å². The van der Waals surface area contributed by atoms with Gasteiger partial charge in [0, 0.05) is 47.9 Å². The van der Waals surface area contributed by atoms with Gasteiger partial charge >= 0.3 is 0 Å². The quantitative estimate of drug-likeness (QED) is 0.282. The molecule has 0 bridgehead atoms. The van der Waals surface area contributed by atoms with Crippen LogP contribution in [0.5, 0.6) is 28.7 Å². The lowest BCUT2D eigenvalue weighted by atomic mass is 10.1. The summed E-state index contributed by atoms with van der Waals surface area (Å²) in [7, 11) is 1.44. The highest BCUT2D eigenvalue weighted by molar-refractivity contribution is 6.06. The van der Waals surface area contributed by atoms with Crippen LogP contribution in [0.25, 0.3) is 10.9 Å². The summed E-state index contributed by atoms with van der Waals surface area (Å²) in [4.78, 5) is 21.0. The van der Waals surface area contributed by atoms with E-state index in [2.05, 4.69) is 15.3 Å². The second kappa shape index (κ2) is 11.1. The molecule has 11 heteroatoms. The van der Waals surface area contributed by atoms with Gasteiger partial charge in [-0.15, -0.1) is 0 Å². The zero-order valence-corrected chi connectivity index (χ0v) is 21.1. The van der Waals surface area contributed by atoms with Crippen LogP contribution in [0.3, 0.4) is 0 Å². The third-order valence-electron chi connectivity index (χ3n) is 5.78. The molecule has 0 unspecified atom stereocenters. The number of aromatic nitrogens is 2. The minimum Gasteiger partial charge on any atom is -0.493 e. The highest BCUT2D eigenvalue weighted by Crippen LogP contribution is 2.39. The predicted octanol–water partition coefficient (Wildman–Crippen LogP) is 5.26. The number of hydrogen-bond donors (Lipinski definition) is 2. The molecular weight excluding hydrogens is 512 g/mol. The Balaban J connectivity index is 1.39. The molecule has 1 fully saturated rings. The number of methoxy groups -OCH3 is 1. The highest BCUT2D eigenvalue weighted by atomic mass is 19.1. The van der Waals surface area contributed by atoms with Crippen LogP contribution in [0.15, 0.2) is 55.0 Å². The SMILES string of the molecule is COc1cc2c(Oc3c(F)cc(NC(=O)c4cnccc4OC4CC4)cc3F)ccnc2cc1OC[C@@H](C)O. The van der Waals surface area contributed by atoms with E-state index in [1.54, 1.807) is 25.1 Å². The van der Waals surface area contributed by atoms with Gasteiger partial charge in [-0.25, -0.2) is 8.78 Å². The zero-order chi connectivity index (χ0) is 27.5.